The maximum absolute atomic E-state index is 12.4. The van der Waals surface area contributed by atoms with Gasteiger partial charge in [0, 0.05) is 5.56 Å². The molecule has 0 fully saturated rings. The van der Waals surface area contributed by atoms with E-state index >= 15 is 0 Å². The minimum Gasteiger partial charge on any atom is -0.493 e. The quantitative estimate of drug-likeness (QED) is 0.492. The summed E-state index contributed by atoms with van der Waals surface area (Å²) in [7, 11) is 1.60. The number of aromatic amines is 2. The second kappa shape index (κ2) is 7.95. The molecule has 2 aromatic carbocycles. The highest BCUT2D eigenvalue weighted by molar-refractivity contribution is 6.08. The Morgan fingerprint density at radius 3 is 2.59 bits per heavy atom. The maximum atomic E-state index is 12.4. The number of allylic oxidation sites excluding steroid dienone is 1. The first kappa shape index (κ1) is 18.5. The van der Waals surface area contributed by atoms with Crippen molar-refractivity contribution in [3.8, 4) is 11.5 Å². The Balaban J connectivity index is 1.80. The van der Waals surface area contributed by atoms with Gasteiger partial charge in [0.05, 0.1) is 24.8 Å². The molecule has 3 rings (SSSR count). The molecule has 140 valence electrons. The Kier molecular flexibility index (Phi) is 5.45. The summed E-state index contributed by atoms with van der Waals surface area (Å²) in [6.07, 6.45) is 3.23. The number of benzene rings is 2. The van der Waals surface area contributed by atoms with Gasteiger partial charge < -0.3 is 19.4 Å². The first-order valence-electron chi connectivity index (χ1n) is 8.71. The molecule has 0 bridgehead atoms. The number of ether oxygens (including phenoxy) is 2. The number of aromatic nitrogens is 2. The molecule has 6 nitrogen and oxygen atoms in total. The summed E-state index contributed by atoms with van der Waals surface area (Å²) in [6.45, 7) is 4.73. The van der Waals surface area contributed by atoms with Gasteiger partial charge in [0.2, 0.25) is 0 Å². The molecule has 0 spiro atoms. The van der Waals surface area contributed by atoms with Crippen molar-refractivity contribution in [2.24, 2.45) is 5.92 Å². The third-order valence-electron chi connectivity index (χ3n) is 3.99. The van der Waals surface area contributed by atoms with Crippen LogP contribution in [0.15, 0.2) is 47.3 Å². The molecule has 0 aliphatic heterocycles. The smallest absolute Gasteiger partial charge is 0.323 e. The number of H-pyrrole nitrogens is 2. The lowest BCUT2D eigenvalue weighted by molar-refractivity contribution is 0.104. The van der Waals surface area contributed by atoms with Crippen LogP contribution in [-0.2, 0) is 0 Å². The van der Waals surface area contributed by atoms with E-state index in [-0.39, 0.29) is 11.5 Å². The summed E-state index contributed by atoms with van der Waals surface area (Å²) in [5.74, 6) is 1.54. The molecule has 2 N–H and O–H groups in total. The Labute approximate surface area is 156 Å². The third kappa shape index (κ3) is 4.47. The van der Waals surface area contributed by atoms with E-state index in [2.05, 4.69) is 23.8 Å². The molecule has 0 radical (unpaired) electrons. The van der Waals surface area contributed by atoms with Gasteiger partial charge in [0.1, 0.15) is 0 Å². The van der Waals surface area contributed by atoms with E-state index in [9.17, 15) is 9.59 Å². The zero-order chi connectivity index (χ0) is 19.4. The van der Waals surface area contributed by atoms with Gasteiger partial charge in [-0.25, -0.2) is 4.79 Å². The topological polar surface area (TPSA) is 84.2 Å². The van der Waals surface area contributed by atoms with Crippen LogP contribution in [0, 0.1) is 5.92 Å². The molecular weight excluding hydrogens is 344 g/mol. The van der Waals surface area contributed by atoms with Crippen LogP contribution in [0.1, 0.15) is 29.8 Å². The van der Waals surface area contributed by atoms with Crippen LogP contribution >= 0.6 is 0 Å². The zero-order valence-corrected chi connectivity index (χ0v) is 15.5. The molecule has 0 aliphatic rings. The molecule has 1 aromatic heterocycles. The van der Waals surface area contributed by atoms with Gasteiger partial charge >= 0.3 is 5.69 Å². The second-order valence-electron chi connectivity index (χ2n) is 6.65. The fraction of sp³-hybridized carbons (Fsp3) is 0.238. The minimum absolute atomic E-state index is 0.153. The van der Waals surface area contributed by atoms with Crippen molar-refractivity contribution in [2.45, 2.75) is 13.8 Å². The number of fused-ring (bicyclic) bond motifs is 1. The summed E-state index contributed by atoms with van der Waals surface area (Å²) in [5, 5.41) is 0. The second-order valence-corrected chi connectivity index (χ2v) is 6.65. The van der Waals surface area contributed by atoms with Gasteiger partial charge in [-0.2, -0.15) is 0 Å². The monoisotopic (exact) mass is 366 g/mol. The predicted molar refractivity (Wildman–Crippen MR) is 106 cm³/mol. The number of carbonyl (C=O) groups is 1. The average molecular weight is 366 g/mol. The Morgan fingerprint density at radius 1 is 1.07 bits per heavy atom. The van der Waals surface area contributed by atoms with Crippen molar-refractivity contribution in [1.82, 2.24) is 9.97 Å². The first-order valence-corrected chi connectivity index (χ1v) is 8.71. The van der Waals surface area contributed by atoms with E-state index in [0.717, 1.165) is 5.56 Å². The van der Waals surface area contributed by atoms with Crippen LogP contribution in [0.5, 0.6) is 11.5 Å². The summed E-state index contributed by atoms with van der Waals surface area (Å²) in [4.78, 5) is 29.1. The van der Waals surface area contributed by atoms with Crippen LogP contribution in [-0.4, -0.2) is 29.5 Å². The van der Waals surface area contributed by atoms with Crippen molar-refractivity contribution in [3.63, 3.8) is 0 Å². The minimum atomic E-state index is -0.294. The normalized spacial score (nSPS) is 11.4. The first-order chi connectivity index (χ1) is 13.0. The van der Waals surface area contributed by atoms with Gasteiger partial charge in [-0.1, -0.05) is 26.0 Å². The van der Waals surface area contributed by atoms with Crippen LogP contribution in [0.2, 0.25) is 0 Å². The maximum Gasteiger partial charge on any atom is 0.323 e. The predicted octanol–water partition coefficient (Wildman–Crippen LogP) is 3.80. The lowest BCUT2D eigenvalue weighted by atomic mass is 10.1. The van der Waals surface area contributed by atoms with E-state index in [1.54, 1.807) is 31.4 Å². The van der Waals surface area contributed by atoms with Crippen molar-refractivity contribution < 1.29 is 14.3 Å². The highest BCUT2D eigenvalue weighted by Crippen LogP contribution is 2.29. The highest BCUT2D eigenvalue weighted by atomic mass is 16.5. The van der Waals surface area contributed by atoms with Gasteiger partial charge in [-0.15, -0.1) is 0 Å². The number of ketones is 1. The number of carbonyl (C=O) groups excluding carboxylic acids is 1. The third-order valence-corrected chi connectivity index (χ3v) is 3.99. The summed E-state index contributed by atoms with van der Waals surface area (Å²) in [6, 6.07) is 10.6. The Hall–Kier alpha value is -3.28. The molecule has 0 amide bonds. The fourth-order valence-electron chi connectivity index (χ4n) is 2.62. The van der Waals surface area contributed by atoms with E-state index < -0.39 is 0 Å². The number of imidazole rings is 1. The number of nitrogens with one attached hydrogen (secondary N) is 2. The van der Waals surface area contributed by atoms with Gasteiger partial charge in [-0.3, -0.25) is 4.79 Å². The SMILES string of the molecule is COc1ccc(/C=C/C(=O)c2ccc3[nH]c(=O)[nH]c3c2)cc1OCC(C)C. The molecule has 0 atom stereocenters. The molecule has 27 heavy (non-hydrogen) atoms. The molecule has 1 heterocycles. The van der Waals surface area contributed by atoms with Crippen molar-refractivity contribution in [1.29, 1.82) is 0 Å². The Bertz CT molecular complexity index is 1040. The number of rotatable bonds is 7. The van der Waals surface area contributed by atoms with E-state index in [1.807, 2.05) is 18.2 Å². The summed E-state index contributed by atoms with van der Waals surface area (Å²) >= 11 is 0. The fourth-order valence-corrected chi connectivity index (χ4v) is 2.62. The molecule has 3 aromatic rings. The molecule has 0 aliphatic carbocycles. The number of methoxy groups -OCH3 is 1. The molecule has 0 saturated carbocycles. The van der Waals surface area contributed by atoms with E-state index in [1.165, 1.54) is 6.08 Å². The van der Waals surface area contributed by atoms with Gasteiger partial charge in [0.25, 0.3) is 0 Å². The number of hydrogen-bond acceptors (Lipinski definition) is 4. The molecular formula is C21H22N2O4. The highest BCUT2D eigenvalue weighted by Gasteiger charge is 2.08. The molecule has 6 heteroatoms. The van der Waals surface area contributed by atoms with Crippen molar-refractivity contribution in [2.75, 3.05) is 13.7 Å². The Morgan fingerprint density at radius 2 is 1.85 bits per heavy atom. The van der Waals surface area contributed by atoms with Crippen molar-refractivity contribution in [3.05, 3.63) is 64.1 Å². The van der Waals surface area contributed by atoms with E-state index in [4.69, 9.17) is 9.47 Å². The van der Waals surface area contributed by atoms with Crippen molar-refractivity contribution >= 4 is 22.9 Å². The van der Waals surface area contributed by atoms with Crippen LogP contribution in [0.3, 0.4) is 0 Å². The van der Waals surface area contributed by atoms with Gasteiger partial charge in [0.15, 0.2) is 17.3 Å². The van der Waals surface area contributed by atoms with Crippen LogP contribution < -0.4 is 15.2 Å². The largest absolute Gasteiger partial charge is 0.493 e. The molecule has 0 unspecified atom stereocenters. The van der Waals surface area contributed by atoms with Gasteiger partial charge in [-0.05, 0) is 47.9 Å². The lowest BCUT2D eigenvalue weighted by Crippen LogP contribution is -2.05. The van der Waals surface area contributed by atoms with Crippen LogP contribution in [0.25, 0.3) is 17.1 Å². The zero-order valence-electron chi connectivity index (χ0n) is 15.5. The standard InChI is InChI=1S/C21H22N2O4/c1-13(2)12-27-20-10-14(5-9-19(20)26-3)4-8-18(24)15-6-7-16-17(11-15)23-21(25)22-16/h4-11,13H,12H2,1-3H3,(H2,22,23,25)/b8-4+. The molecule has 0 saturated heterocycles. The summed E-state index contributed by atoms with van der Waals surface area (Å²) < 4.78 is 11.1. The van der Waals surface area contributed by atoms with E-state index in [0.29, 0.717) is 40.6 Å². The summed E-state index contributed by atoms with van der Waals surface area (Å²) in [5.41, 5.74) is 2.31. The van der Waals surface area contributed by atoms with Crippen LogP contribution in [0.4, 0.5) is 0 Å². The lowest BCUT2D eigenvalue weighted by Gasteiger charge is -2.13. The number of hydrogen-bond donors (Lipinski definition) is 2. The average Bonchev–Trinajstić information content (AvgIpc) is 3.03.